The molecule has 2 aliphatic rings. The average molecular weight is 393 g/mol. The van der Waals surface area contributed by atoms with Crippen LogP contribution in [-0.4, -0.2) is 5.90 Å². The van der Waals surface area contributed by atoms with Crippen LogP contribution < -0.4 is 0 Å². The molecule has 2 aromatic rings. The third-order valence-electron chi connectivity index (χ3n) is 5.72. The van der Waals surface area contributed by atoms with Crippen LogP contribution in [0, 0.1) is 56.2 Å². The molecule has 0 saturated carbocycles. The maximum atomic E-state index is 10.1. The summed E-state index contributed by atoms with van der Waals surface area (Å²) < 4.78 is 17.5. The molecule has 3 heterocycles. The molecule has 4 unspecified atom stereocenters. The molecule has 1 aromatic heterocycles. The number of ether oxygens (including phenoxy) is 2. The summed E-state index contributed by atoms with van der Waals surface area (Å²) in [5.41, 5.74) is -3.37. The van der Waals surface area contributed by atoms with Crippen molar-refractivity contribution in [2.45, 2.75) is 18.8 Å². The lowest BCUT2D eigenvalue weighted by Gasteiger charge is -2.47. The molecule has 4 atom stereocenters. The van der Waals surface area contributed by atoms with E-state index in [9.17, 15) is 15.8 Å². The van der Waals surface area contributed by atoms with Crippen molar-refractivity contribution in [1.82, 2.24) is 0 Å². The molecule has 2 saturated heterocycles. The summed E-state index contributed by atoms with van der Waals surface area (Å²) in [6.07, 6.45) is 0.144. The number of hydrogen-bond acceptors (Lipinski definition) is 7. The van der Waals surface area contributed by atoms with E-state index >= 15 is 0 Å². The summed E-state index contributed by atoms with van der Waals surface area (Å²) >= 11 is 5.99. The van der Waals surface area contributed by atoms with E-state index in [4.69, 9.17) is 30.9 Å². The number of benzene rings is 1. The Bertz CT molecular complexity index is 1060. The van der Waals surface area contributed by atoms with Crippen molar-refractivity contribution in [2.24, 2.45) is 16.7 Å². The van der Waals surface area contributed by atoms with Crippen LogP contribution in [0.1, 0.15) is 24.4 Å². The highest BCUT2D eigenvalue weighted by Crippen LogP contribution is 2.68. The van der Waals surface area contributed by atoms with Crippen molar-refractivity contribution in [1.29, 1.82) is 21.2 Å². The second kappa shape index (κ2) is 5.84. The number of furan rings is 1. The number of halogens is 1. The Labute approximate surface area is 165 Å². The molecule has 7 nitrogen and oxygen atoms in total. The Kier molecular flexibility index (Phi) is 3.77. The Morgan fingerprint density at radius 1 is 1.07 bits per heavy atom. The quantitative estimate of drug-likeness (QED) is 0.821. The largest absolute Gasteiger partial charge is 0.466 e. The zero-order valence-electron chi connectivity index (χ0n) is 14.6. The molecule has 2 fully saturated rings. The lowest BCUT2D eigenvalue weighted by Crippen LogP contribution is -2.57. The Morgan fingerprint density at radius 2 is 1.75 bits per heavy atom. The summed E-state index contributed by atoms with van der Waals surface area (Å²) in [7, 11) is 0. The number of rotatable bonds is 2. The minimum absolute atomic E-state index is 0.200. The zero-order chi connectivity index (χ0) is 20.2. The van der Waals surface area contributed by atoms with Crippen molar-refractivity contribution >= 4 is 17.5 Å². The highest BCUT2D eigenvalue weighted by Gasteiger charge is 2.80. The fraction of sp³-hybridized carbons (Fsp3) is 0.300. The monoisotopic (exact) mass is 392 g/mol. The molecular formula is C20H13ClN4O3. The molecular weight excluding hydrogens is 380 g/mol. The first-order valence-corrected chi connectivity index (χ1v) is 8.78. The van der Waals surface area contributed by atoms with Crippen LogP contribution in [0.5, 0.6) is 0 Å². The van der Waals surface area contributed by atoms with Crippen LogP contribution in [0.25, 0.3) is 0 Å². The van der Waals surface area contributed by atoms with Gasteiger partial charge in [-0.15, -0.1) is 0 Å². The molecule has 1 N–H and O–H groups in total. The molecule has 4 rings (SSSR count). The lowest BCUT2D eigenvalue weighted by molar-refractivity contribution is -0.292. The molecule has 138 valence electrons. The number of fused-ring (bicyclic) bond motifs is 2. The Morgan fingerprint density at radius 3 is 2.29 bits per heavy atom. The summed E-state index contributed by atoms with van der Waals surface area (Å²) in [5.74, 6) is -2.66. The third kappa shape index (κ3) is 1.86. The van der Waals surface area contributed by atoms with E-state index < -0.39 is 34.5 Å². The van der Waals surface area contributed by atoms with Gasteiger partial charge in [0, 0.05) is 10.6 Å². The highest BCUT2D eigenvalue weighted by atomic mass is 35.5. The zero-order valence-corrected chi connectivity index (χ0v) is 15.4. The van der Waals surface area contributed by atoms with Crippen LogP contribution in [0.2, 0.25) is 5.02 Å². The maximum Gasteiger partial charge on any atom is 0.244 e. The molecule has 0 spiro atoms. The van der Waals surface area contributed by atoms with Crippen LogP contribution in [0.4, 0.5) is 0 Å². The molecule has 0 amide bonds. The number of nitrogens with one attached hydrogen (secondary N) is 1. The van der Waals surface area contributed by atoms with E-state index in [1.165, 1.54) is 6.26 Å². The summed E-state index contributed by atoms with van der Waals surface area (Å²) in [6.45, 7) is 1.64. The lowest BCUT2D eigenvalue weighted by atomic mass is 9.54. The average Bonchev–Trinajstić information content (AvgIpc) is 3.28. The van der Waals surface area contributed by atoms with Gasteiger partial charge >= 0.3 is 0 Å². The highest BCUT2D eigenvalue weighted by molar-refractivity contribution is 6.30. The standard InChI is InChI=1S/C20H13ClN4O3/c1-12-19(11-24)17(25)28-20(12,13-4-6-14(21)7-5-13)27-16(15-3-2-8-26-15)18(19,9-22)10-23/h2-8,12,16,25H,1H3. The maximum absolute atomic E-state index is 10.1. The molecule has 1 aromatic carbocycles. The van der Waals surface area contributed by atoms with Gasteiger partial charge in [0.2, 0.25) is 17.1 Å². The predicted molar refractivity (Wildman–Crippen MR) is 95.3 cm³/mol. The van der Waals surface area contributed by atoms with Gasteiger partial charge in [0.05, 0.1) is 30.4 Å². The fourth-order valence-corrected chi connectivity index (χ4v) is 4.37. The van der Waals surface area contributed by atoms with Gasteiger partial charge in [-0.25, -0.2) is 0 Å². The first kappa shape index (κ1) is 18.1. The first-order chi connectivity index (χ1) is 13.4. The SMILES string of the molecule is CC1C2(c3ccc(Cl)cc3)OC(=N)C1(C#N)C(C#N)(C#N)C(c1ccco1)O2. The molecule has 0 radical (unpaired) electrons. The minimum Gasteiger partial charge on any atom is -0.466 e. The molecule has 0 aliphatic carbocycles. The van der Waals surface area contributed by atoms with E-state index in [0.717, 1.165) is 0 Å². The van der Waals surface area contributed by atoms with Gasteiger partial charge in [0.25, 0.3) is 0 Å². The second-order valence-electron chi connectivity index (χ2n) is 6.79. The van der Waals surface area contributed by atoms with Gasteiger partial charge < -0.3 is 13.9 Å². The number of nitriles is 3. The normalized spacial score (nSPS) is 32.6. The molecule has 2 bridgehead atoms. The topological polar surface area (TPSA) is 127 Å². The molecule has 28 heavy (non-hydrogen) atoms. The van der Waals surface area contributed by atoms with Crippen LogP contribution in [0.3, 0.4) is 0 Å². The number of hydrogen-bond donors (Lipinski definition) is 1. The van der Waals surface area contributed by atoms with Crippen LogP contribution >= 0.6 is 11.6 Å². The molecule has 8 heteroatoms. The third-order valence-corrected chi connectivity index (χ3v) is 5.97. The van der Waals surface area contributed by atoms with Crippen molar-refractivity contribution in [3.63, 3.8) is 0 Å². The summed E-state index contributed by atoms with van der Waals surface area (Å²) in [5, 5.41) is 39.2. The van der Waals surface area contributed by atoms with Crippen molar-refractivity contribution in [3.05, 3.63) is 59.0 Å². The van der Waals surface area contributed by atoms with E-state index in [-0.39, 0.29) is 5.76 Å². The van der Waals surface area contributed by atoms with E-state index in [1.807, 2.05) is 12.1 Å². The van der Waals surface area contributed by atoms with Gasteiger partial charge in [0.1, 0.15) is 5.76 Å². The van der Waals surface area contributed by atoms with E-state index in [1.54, 1.807) is 43.3 Å². The van der Waals surface area contributed by atoms with Gasteiger partial charge in [0.15, 0.2) is 11.5 Å². The molecule has 2 aliphatic heterocycles. The van der Waals surface area contributed by atoms with Crippen LogP contribution in [0.15, 0.2) is 47.1 Å². The van der Waals surface area contributed by atoms with E-state index in [2.05, 4.69) is 6.07 Å². The summed E-state index contributed by atoms with van der Waals surface area (Å²) in [4.78, 5) is 0. The van der Waals surface area contributed by atoms with Crippen molar-refractivity contribution in [2.75, 3.05) is 0 Å². The number of nitrogens with zero attached hydrogens (tertiary/aromatic N) is 3. The first-order valence-electron chi connectivity index (χ1n) is 8.41. The van der Waals surface area contributed by atoms with Gasteiger partial charge in [-0.05, 0) is 24.3 Å². The van der Waals surface area contributed by atoms with Crippen molar-refractivity contribution < 1.29 is 13.9 Å². The summed E-state index contributed by atoms with van der Waals surface area (Å²) in [6, 6.07) is 15.7. The second-order valence-corrected chi connectivity index (χ2v) is 7.23. The van der Waals surface area contributed by atoms with Crippen LogP contribution in [-0.2, 0) is 15.3 Å². The predicted octanol–water partition coefficient (Wildman–Crippen LogP) is 4.04. The van der Waals surface area contributed by atoms with Gasteiger partial charge in [-0.3, -0.25) is 5.41 Å². The van der Waals surface area contributed by atoms with E-state index in [0.29, 0.717) is 10.6 Å². The Hall–Kier alpha value is -3.31. The van der Waals surface area contributed by atoms with Crippen molar-refractivity contribution in [3.8, 4) is 18.2 Å². The smallest absolute Gasteiger partial charge is 0.244 e. The van der Waals surface area contributed by atoms with Gasteiger partial charge in [-0.1, -0.05) is 30.7 Å². The minimum atomic E-state index is -2.04. The fourth-order valence-electron chi connectivity index (χ4n) is 4.24. The Balaban J connectivity index is 2.04. The van der Waals surface area contributed by atoms with Gasteiger partial charge in [-0.2, -0.15) is 15.8 Å².